The van der Waals surface area contributed by atoms with Crippen molar-refractivity contribution in [1.29, 1.82) is 0 Å². The summed E-state index contributed by atoms with van der Waals surface area (Å²) in [6.07, 6.45) is 2.06. The predicted molar refractivity (Wildman–Crippen MR) is 105 cm³/mol. The van der Waals surface area contributed by atoms with Crippen LogP contribution in [0.1, 0.15) is 12.2 Å². The summed E-state index contributed by atoms with van der Waals surface area (Å²) < 4.78 is 13.1. The third-order valence-electron chi connectivity index (χ3n) is 4.18. The molecule has 0 saturated heterocycles. The first-order chi connectivity index (χ1) is 13.2. The van der Waals surface area contributed by atoms with Gasteiger partial charge < -0.3 is 19.4 Å². The molecule has 27 heavy (non-hydrogen) atoms. The van der Waals surface area contributed by atoms with E-state index in [0.717, 1.165) is 41.3 Å². The van der Waals surface area contributed by atoms with Crippen LogP contribution in [-0.2, 0) is 17.9 Å². The largest absolute Gasteiger partial charge is 0.497 e. The summed E-state index contributed by atoms with van der Waals surface area (Å²) in [5.41, 5.74) is 1.95. The normalized spacial score (nSPS) is 10.6. The van der Waals surface area contributed by atoms with Gasteiger partial charge in [-0.15, -0.1) is 0 Å². The van der Waals surface area contributed by atoms with E-state index in [2.05, 4.69) is 21.4 Å². The summed E-state index contributed by atoms with van der Waals surface area (Å²) in [5, 5.41) is 2.79. The van der Waals surface area contributed by atoms with Crippen LogP contribution in [0.3, 0.4) is 0 Å². The molecule has 6 heteroatoms. The van der Waals surface area contributed by atoms with Crippen molar-refractivity contribution in [3.63, 3.8) is 0 Å². The first-order valence-electron chi connectivity index (χ1n) is 8.82. The Labute approximate surface area is 158 Å². The number of hydrogen-bond acceptors (Lipinski definition) is 4. The fourth-order valence-electron chi connectivity index (χ4n) is 2.85. The number of para-hydroxylation sites is 2. The minimum Gasteiger partial charge on any atom is -0.497 e. The first-order valence-corrected chi connectivity index (χ1v) is 8.82. The molecular weight excluding hydrogens is 342 g/mol. The van der Waals surface area contributed by atoms with Crippen LogP contribution in [-0.4, -0.2) is 29.2 Å². The van der Waals surface area contributed by atoms with Crippen molar-refractivity contribution in [2.75, 3.05) is 13.7 Å². The number of carbonyl (C=O) groups excluding carboxylic acids is 1. The molecule has 3 rings (SSSR count). The maximum atomic E-state index is 11.5. The van der Waals surface area contributed by atoms with Gasteiger partial charge in [0.2, 0.25) is 5.91 Å². The highest BCUT2D eigenvalue weighted by atomic mass is 16.5. The fourth-order valence-corrected chi connectivity index (χ4v) is 2.85. The van der Waals surface area contributed by atoms with Crippen LogP contribution in [0.25, 0.3) is 11.0 Å². The maximum absolute atomic E-state index is 11.5. The highest BCUT2D eigenvalue weighted by Gasteiger charge is 2.10. The third-order valence-corrected chi connectivity index (χ3v) is 4.18. The van der Waals surface area contributed by atoms with E-state index in [9.17, 15) is 4.79 Å². The molecule has 0 aliphatic rings. The molecule has 1 amide bonds. The second-order valence-corrected chi connectivity index (χ2v) is 5.97. The second kappa shape index (κ2) is 8.89. The number of imidazole rings is 1. The number of amides is 1. The number of rotatable bonds is 9. The summed E-state index contributed by atoms with van der Waals surface area (Å²) in [6.45, 7) is 5.14. The van der Waals surface area contributed by atoms with Crippen LogP contribution >= 0.6 is 0 Å². The second-order valence-electron chi connectivity index (χ2n) is 5.97. The Morgan fingerprint density at radius 1 is 1.22 bits per heavy atom. The summed E-state index contributed by atoms with van der Waals surface area (Å²) >= 11 is 0. The molecule has 1 aromatic heterocycles. The van der Waals surface area contributed by atoms with Crippen molar-refractivity contribution in [3.8, 4) is 11.5 Å². The Kier molecular flexibility index (Phi) is 6.10. The molecule has 0 fully saturated rings. The molecule has 3 aromatic rings. The average molecular weight is 365 g/mol. The van der Waals surface area contributed by atoms with Crippen molar-refractivity contribution >= 4 is 16.9 Å². The van der Waals surface area contributed by atoms with Crippen LogP contribution in [0, 0.1) is 0 Å². The average Bonchev–Trinajstić information content (AvgIpc) is 3.07. The lowest BCUT2D eigenvalue weighted by Gasteiger charge is -2.11. The molecule has 0 spiro atoms. The van der Waals surface area contributed by atoms with Gasteiger partial charge >= 0.3 is 0 Å². The third kappa shape index (κ3) is 4.67. The summed E-state index contributed by atoms with van der Waals surface area (Å²) in [4.78, 5) is 16.1. The minimum atomic E-state index is -0.213. The van der Waals surface area contributed by atoms with E-state index >= 15 is 0 Å². The molecule has 140 valence electrons. The van der Waals surface area contributed by atoms with Gasteiger partial charge in [-0.3, -0.25) is 4.79 Å². The summed E-state index contributed by atoms with van der Waals surface area (Å²) in [5.74, 6) is 2.15. The highest BCUT2D eigenvalue weighted by molar-refractivity contribution is 5.86. The van der Waals surface area contributed by atoms with E-state index in [4.69, 9.17) is 9.47 Å². The van der Waals surface area contributed by atoms with E-state index in [0.29, 0.717) is 13.2 Å². The van der Waals surface area contributed by atoms with Crippen molar-refractivity contribution in [2.24, 2.45) is 0 Å². The van der Waals surface area contributed by atoms with E-state index in [1.165, 1.54) is 6.08 Å². The number of fused-ring (bicyclic) bond motifs is 1. The van der Waals surface area contributed by atoms with Crippen LogP contribution < -0.4 is 14.8 Å². The molecule has 0 unspecified atom stereocenters. The number of ether oxygens (including phenoxy) is 2. The quantitative estimate of drug-likeness (QED) is 0.467. The molecule has 0 aliphatic heterocycles. The van der Waals surface area contributed by atoms with Crippen molar-refractivity contribution in [3.05, 3.63) is 67.0 Å². The molecule has 0 bridgehead atoms. The van der Waals surface area contributed by atoms with Gasteiger partial charge in [-0.2, -0.15) is 0 Å². The number of aryl methyl sites for hydroxylation is 1. The van der Waals surface area contributed by atoms with Gasteiger partial charge in [-0.05, 0) is 36.8 Å². The highest BCUT2D eigenvalue weighted by Crippen LogP contribution is 2.20. The summed E-state index contributed by atoms with van der Waals surface area (Å²) in [7, 11) is 1.63. The zero-order valence-electron chi connectivity index (χ0n) is 15.4. The zero-order chi connectivity index (χ0) is 19.1. The molecule has 0 aliphatic carbocycles. The van der Waals surface area contributed by atoms with Gasteiger partial charge in [0.15, 0.2) is 0 Å². The molecule has 6 nitrogen and oxygen atoms in total. The lowest BCUT2D eigenvalue weighted by atomic mass is 10.3. The topological polar surface area (TPSA) is 65.4 Å². The van der Waals surface area contributed by atoms with Gasteiger partial charge in [0, 0.05) is 12.6 Å². The smallest absolute Gasteiger partial charge is 0.243 e. The Hall–Kier alpha value is -3.28. The van der Waals surface area contributed by atoms with Crippen LogP contribution in [0.15, 0.2) is 61.2 Å². The van der Waals surface area contributed by atoms with Crippen LogP contribution in [0.4, 0.5) is 0 Å². The van der Waals surface area contributed by atoms with E-state index < -0.39 is 0 Å². The fraction of sp³-hybridized carbons (Fsp3) is 0.238. The Morgan fingerprint density at radius 3 is 2.85 bits per heavy atom. The SMILES string of the molecule is C=CC(=O)NCc1nc2ccccc2n1CCCOc1cccc(OC)c1. The number of hydrogen-bond donors (Lipinski definition) is 1. The Morgan fingerprint density at radius 2 is 2.04 bits per heavy atom. The summed E-state index contributed by atoms with van der Waals surface area (Å²) in [6, 6.07) is 15.5. The molecule has 0 atom stereocenters. The van der Waals surface area contributed by atoms with Crippen molar-refractivity contribution in [1.82, 2.24) is 14.9 Å². The Balaban J connectivity index is 1.65. The van der Waals surface area contributed by atoms with Gasteiger partial charge in [0.1, 0.15) is 17.3 Å². The number of benzene rings is 2. The molecule has 0 saturated carbocycles. The first kappa shape index (κ1) is 18.5. The van der Waals surface area contributed by atoms with Gasteiger partial charge in [0.05, 0.1) is 31.3 Å². The monoisotopic (exact) mass is 365 g/mol. The predicted octanol–water partition coefficient (Wildman–Crippen LogP) is 3.32. The molecule has 2 aromatic carbocycles. The minimum absolute atomic E-state index is 0.213. The van der Waals surface area contributed by atoms with Gasteiger partial charge in [0.25, 0.3) is 0 Å². The number of nitrogens with zero attached hydrogens (tertiary/aromatic N) is 2. The van der Waals surface area contributed by atoms with Gasteiger partial charge in [-0.25, -0.2) is 4.98 Å². The number of carbonyl (C=O) groups is 1. The molecule has 1 heterocycles. The lowest BCUT2D eigenvalue weighted by molar-refractivity contribution is -0.116. The van der Waals surface area contributed by atoms with E-state index in [-0.39, 0.29) is 5.91 Å². The van der Waals surface area contributed by atoms with Gasteiger partial charge in [-0.1, -0.05) is 24.8 Å². The van der Waals surface area contributed by atoms with Crippen LogP contribution in [0.5, 0.6) is 11.5 Å². The molecule has 1 N–H and O–H groups in total. The number of nitrogens with one attached hydrogen (secondary N) is 1. The maximum Gasteiger partial charge on any atom is 0.243 e. The number of aromatic nitrogens is 2. The zero-order valence-corrected chi connectivity index (χ0v) is 15.4. The van der Waals surface area contributed by atoms with Crippen molar-refractivity contribution < 1.29 is 14.3 Å². The standard InChI is InChI=1S/C21H23N3O3/c1-3-21(25)22-15-20-23-18-10-4-5-11-19(18)24(20)12-7-13-27-17-9-6-8-16(14-17)26-2/h3-6,8-11,14H,1,7,12-13,15H2,2H3,(H,22,25). The van der Waals surface area contributed by atoms with Crippen molar-refractivity contribution in [2.45, 2.75) is 19.5 Å². The Bertz CT molecular complexity index is 933. The van der Waals surface area contributed by atoms with Crippen LogP contribution in [0.2, 0.25) is 0 Å². The van der Waals surface area contributed by atoms with E-state index in [1.807, 2.05) is 48.5 Å². The molecular formula is C21H23N3O3. The lowest BCUT2D eigenvalue weighted by Crippen LogP contribution is -2.22. The number of methoxy groups -OCH3 is 1. The van der Waals surface area contributed by atoms with E-state index in [1.54, 1.807) is 7.11 Å². The molecule has 0 radical (unpaired) electrons.